The molecule has 2 rings (SSSR count). The average Bonchev–Trinajstić information content (AvgIpc) is 2.85. The van der Waals surface area contributed by atoms with Crippen molar-refractivity contribution in [3.63, 3.8) is 0 Å². The van der Waals surface area contributed by atoms with E-state index in [4.69, 9.17) is 4.74 Å². The van der Waals surface area contributed by atoms with Crippen LogP contribution in [0.1, 0.15) is 23.7 Å². The molecule has 0 atom stereocenters. The molecule has 0 saturated heterocycles. The van der Waals surface area contributed by atoms with Crippen molar-refractivity contribution in [1.82, 2.24) is 13.5 Å². The summed E-state index contributed by atoms with van der Waals surface area (Å²) in [5, 5.41) is 6.67. The maximum atomic E-state index is 12.4. The van der Waals surface area contributed by atoms with E-state index in [1.165, 1.54) is 21.0 Å². The fourth-order valence-corrected chi connectivity index (χ4v) is 3.05. The van der Waals surface area contributed by atoms with E-state index < -0.39 is 10.2 Å². The van der Waals surface area contributed by atoms with E-state index in [0.717, 1.165) is 14.0 Å². The molecule has 1 N–H and O–H groups in total. The molecule has 1 amide bonds. The van der Waals surface area contributed by atoms with Crippen molar-refractivity contribution in [3.05, 3.63) is 47.2 Å². The van der Waals surface area contributed by atoms with E-state index in [2.05, 4.69) is 10.4 Å². The van der Waals surface area contributed by atoms with Crippen LogP contribution in [0.15, 0.2) is 30.3 Å². The van der Waals surface area contributed by atoms with E-state index in [-0.39, 0.29) is 18.3 Å². The number of nitrogens with one attached hydrogen (secondary N) is 1. The minimum Gasteiger partial charge on any atom is -0.370 e. The van der Waals surface area contributed by atoms with Crippen molar-refractivity contribution < 1.29 is 17.9 Å². The molecule has 8 nitrogen and oxygen atoms in total. The third-order valence-corrected chi connectivity index (χ3v) is 5.14. The molecule has 1 aromatic carbocycles. The lowest BCUT2D eigenvalue weighted by atomic mass is 10.2. The predicted molar refractivity (Wildman–Crippen MR) is 94.2 cm³/mol. The zero-order valence-electron chi connectivity index (χ0n) is 14.7. The van der Waals surface area contributed by atoms with Crippen molar-refractivity contribution in [2.24, 2.45) is 0 Å². The summed E-state index contributed by atoms with van der Waals surface area (Å²) in [5.41, 5.74) is 2.00. The third-order valence-electron chi connectivity index (χ3n) is 3.52. The molecule has 9 heteroatoms. The van der Waals surface area contributed by atoms with E-state index in [1.54, 1.807) is 6.92 Å². The van der Waals surface area contributed by atoms with Gasteiger partial charge in [-0.2, -0.15) is 17.8 Å². The topological polar surface area (TPSA) is 93.5 Å². The van der Waals surface area contributed by atoms with Crippen LogP contribution >= 0.6 is 0 Å². The van der Waals surface area contributed by atoms with Gasteiger partial charge >= 0.3 is 10.2 Å². The van der Waals surface area contributed by atoms with Gasteiger partial charge in [-0.1, -0.05) is 30.3 Å². The van der Waals surface area contributed by atoms with E-state index in [9.17, 15) is 13.2 Å². The number of benzene rings is 1. The van der Waals surface area contributed by atoms with Gasteiger partial charge in [0, 0.05) is 26.6 Å². The monoisotopic (exact) mass is 366 g/mol. The minimum absolute atomic E-state index is 0.125. The summed E-state index contributed by atoms with van der Waals surface area (Å²) in [5.74, 6) is -0.255. The number of carbonyl (C=O) groups excluding carboxylic acids is 1. The standard InChI is InChI=1S/C16H22N4O4S/c1-12-15(11-24-10-14-8-6-5-7-9-14)18-20(16(12)17-13(2)21)25(22,23)19(3)4/h5-9H,10-11H2,1-4H3,(H,17,21). The number of amides is 1. The molecule has 25 heavy (non-hydrogen) atoms. The number of anilines is 1. The summed E-state index contributed by atoms with van der Waals surface area (Å²) in [4.78, 5) is 11.4. The number of rotatable bonds is 7. The first kappa shape index (κ1) is 19.1. The van der Waals surface area contributed by atoms with Gasteiger partial charge in [-0.25, -0.2) is 0 Å². The third kappa shape index (κ3) is 4.44. The Morgan fingerprint density at radius 3 is 2.44 bits per heavy atom. The molecule has 2 aromatic rings. The van der Waals surface area contributed by atoms with Crippen LogP contribution in [-0.2, 0) is 33.0 Å². The number of aromatic nitrogens is 2. The maximum absolute atomic E-state index is 12.4. The van der Waals surface area contributed by atoms with Gasteiger partial charge in [0.1, 0.15) is 0 Å². The van der Waals surface area contributed by atoms with Gasteiger partial charge in [0.05, 0.1) is 18.9 Å². The molecule has 1 heterocycles. The Kier molecular flexibility index (Phi) is 5.93. The lowest BCUT2D eigenvalue weighted by molar-refractivity contribution is -0.114. The summed E-state index contributed by atoms with van der Waals surface area (Å²) in [6.45, 7) is 3.51. The highest BCUT2D eigenvalue weighted by atomic mass is 32.2. The zero-order chi connectivity index (χ0) is 18.6. The highest BCUT2D eigenvalue weighted by Gasteiger charge is 2.26. The number of nitrogens with zero attached hydrogens (tertiary/aromatic N) is 3. The second kappa shape index (κ2) is 7.77. The Balaban J connectivity index is 2.26. The Bertz CT molecular complexity index is 845. The lowest BCUT2D eigenvalue weighted by Crippen LogP contribution is -2.31. The van der Waals surface area contributed by atoms with Gasteiger partial charge in [-0.3, -0.25) is 4.79 Å². The van der Waals surface area contributed by atoms with E-state index in [0.29, 0.717) is 17.9 Å². The SMILES string of the molecule is CC(=O)Nc1c(C)c(COCc2ccccc2)nn1S(=O)(=O)N(C)C. The quantitative estimate of drug-likeness (QED) is 0.802. The first-order chi connectivity index (χ1) is 11.7. The zero-order valence-corrected chi connectivity index (χ0v) is 15.5. The molecule has 0 radical (unpaired) electrons. The fourth-order valence-electron chi connectivity index (χ4n) is 2.12. The molecule has 0 unspecified atom stereocenters. The molecule has 0 aliphatic heterocycles. The molecular formula is C16H22N4O4S. The van der Waals surface area contributed by atoms with Gasteiger partial charge in [0.15, 0.2) is 5.82 Å². The first-order valence-electron chi connectivity index (χ1n) is 7.64. The fraction of sp³-hybridized carbons (Fsp3) is 0.375. The van der Waals surface area contributed by atoms with Gasteiger partial charge < -0.3 is 10.1 Å². The summed E-state index contributed by atoms with van der Waals surface area (Å²) >= 11 is 0. The lowest BCUT2D eigenvalue weighted by Gasteiger charge is -2.13. The summed E-state index contributed by atoms with van der Waals surface area (Å²) in [6.07, 6.45) is 0. The molecule has 0 saturated carbocycles. The van der Waals surface area contributed by atoms with Gasteiger partial charge in [0.25, 0.3) is 0 Å². The number of hydrogen-bond acceptors (Lipinski definition) is 5. The van der Waals surface area contributed by atoms with Gasteiger partial charge in [-0.05, 0) is 12.5 Å². The number of carbonyl (C=O) groups is 1. The second-order valence-electron chi connectivity index (χ2n) is 5.71. The average molecular weight is 366 g/mol. The van der Waals surface area contributed by atoms with Crippen LogP contribution in [-0.4, -0.2) is 41.9 Å². The summed E-state index contributed by atoms with van der Waals surface area (Å²) in [7, 11) is -1.07. The smallest absolute Gasteiger partial charge is 0.324 e. The van der Waals surface area contributed by atoms with Crippen LogP contribution in [0.2, 0.25) is 0 Å². The number of hydrogen-bond donors (Lipinski definition) is 1. The van der Waals surface area contributed by atoms with Crippen molar-refractivity contribution in [2.45, 2.75) is 27.1 Å². The number of ether oxygens (including phenoxy) is 1. The largest absolute Gasteiger partial charge is 0.370 e. The minimum atomic E-state index is -3.86. The van der Waals surface area contributed by atoms with E-state index >= 15 is 0 Å². The first-order valence-corrected chi connectivity index (χ1v) is 9.04. The van der Waals surface area contributed by atoms with Crippen LogP contribution in [0.25, 0.3) is 0 Å². The highest BCUT2D eigenvalue weighted by molar-refractivity contribution is 7.87. The van der Waals surface area contributed by atoms with Crippen molar-refractivity contribution >= 4 is 21.9 Å². The van der Waals surface area contributed by atoms with Crippen LogP contribution in [0.3, 0.4) is 0 Å². The Morgan fingerprint density at radius 2 is 1.88 bits per heavy atom. The summed E-state index contributed by atoms with van der Waals surface area (Å²) in [6, 6.07) is 9.62. The molecule has 0 spiro atoms. The molecule has 0 aliphatic carbocycles. The van der Waals surface area contributed by atoms with E-state index in [1.807, 2.05) is 30.3 Å². The van der Waals surface area contributed by atoms with Crippen LogP contribution in [0, 0.1) is 6.92 Å². The van der Waals surface area contributed by atoms with Crippen molar-refractivity contribution in [3.8, 4) is 0 Å². The van der Waals surface area contributed by atoms with Crippen molar-refractivity contribution in [1.29, 1.82) is 0 Å². The van der Waals surface area contributed by atoms with Crippen LogP contribution < -0.4 is 5.32 Å². The normalized spacial score (nSPS) is 11.7. The molecule has 0 aliphatic rings. The van der Waals surface area contributed by atoms with Gasteiger partial charge in [0.2, 0.25) is 5.91 Å². The maximum Gasteiger partial charge on any atom is 0.324 e. The Labute approximate surface area is 147 Å². The molecule has 136 valence electrons. The van der Waals surface area contributed by atoms with Crippen LogP contribution in [0.5, 0.6) is 0 Å². The molecular weight excluding hydrogens is 344 g/mol. The second-order valence-corrected chi connectivity index (χ2v) is 7.68. The molecule has 1 aromatic heterocycles. The Morgan fingerprint density at radius 1 is 1.24 bits per heavy atom. The Hall–Kier alpha value is -2.23. The van der Waals surface area contributed by atoms with Crippen molar-refractivity contribution in [2.75, 3.05) is 19.4 Å². The summed E-state index contributed by atoms with van der Waals surface area (Å²) < 4.78 is 32.3. The molecule has 0 bridgehead atoms. The highest BCUT2D eigenvalue weighted by Crippen LogP contribution is 2.23. The predicted octanol–water partition coefficient (Wildman–Crippen LogP) is 1.52. The van der Waals surface area contributed by atoms with Crippen LogP contribution in [0.4, 0.5) is 5.82 Å². The van der Waals surface area contributed by atoms with Gasteiger partial charge in [-0.15, -0.1) is 4.09 Å². The molecule has 0 fully saturated rings.